The number of aryl methyl sites for hydroxylation is 1. The van der Waals surface area contributed by atoms with E-state index in [9.17, 15) is 18.0 Å². The van der Waals surface area contributed by atoms with Crippen LogP contribution in [0.2, 0.25) is 5.02 Å². The first-order valence-electron chi connectivity index (χ1n) is 20.6. The molecule has 3 fully saturated rings. The Morgan fingerprint density at radius 2 is 1.61 bits per heavy atom. The third-order valence-corrected chi connectivity index (χ3v) is 14.0. The molecule has 4 heterocycles. The summed E-state index contributed by atoms with van der Waals surface area (Å²) in [5, 5.41) is 8.58. The van der Waals surface area contributed by atoms with Crippen molar-refractivity contribution in [3.8, 4) is 5.75 Å². The van der Waals surface area contributed by atoms with Gasteiger partial charge in [0.25, 0.3) is 0 Å². The highest BCUT2D eigenvalue weighted by Gasteiger charge is 2.30. The van der Waals surface area contributed by atoms with Crippen molar-refractivity contribution in [2.75, 3.05) is 54.8 Å². The number of nitrogens with zero attached hydrogens (tertiary/aromatic N) is 5. The number of nitrogens with one attached hydrogen (secondary N) is 3. The van der Waals surface area contributed by atoms with E-state index in [-0.39, 0.29) is 45.5 Å². The van der Waals surface area contributed by atoms with Gasteiger partial charge in [-0.15, -0.1) is 0 Å². The van der Waals surface area contributed by atoms with Crippen LogP contribution in [0.1, 0.15) is 76.0 Å². The number of sulfone groups is 1. The molecule has 7 rings (SSSR count). The number of hydrogen-bond donors (Lipinski definition) is 3. The van der Waals surface area contributed by atoms with Gasteiger partial charge >= 0.3 is 0 Å². The molecule has 314 valence electrons. The van der Waals surface area contributed by atoms with Gasteiger partial charge in [0, 0.05) is 70.0 Å². The van der Waals surface area contributed by atoms with Crippen LogP contribution in [0.15, 0.2) is 71.8 Å². The monoisotopic (exact) mass is 842 g/mol. The van der Waals surface area contributed by atoms with Gasteiger partial charge in [-0.1, -0.05) is 48.0 Å². The summed E-state index contributed by atoms with van der Waals surface area (Å²) >= 11 is 6.52. The van der Waals surface area contributed by atoms with Crippen LogP contribution in [0.5, 0.6) is 5.75 Å². The highest BCUT2D eigenvalue weighted by Crippen LogP contribution is 2.38. The van der Waals surface area contributed by atoms with Gasteiger partial charge in [0.1, 0.15) is 10.8 Å². The second-order valence-corrected chi connectivity index (χ2v) is 19.2. The van der Waals surface area contributed by atoms with E-state index in [1.807, 2.05) is 26.0 Å². The number of carbonyl (C=O) groups is 2. The normalized spacial score (nSPS) is 18.6. The number of ether oxygens (including phenoxy) is 1. The first-order valence-corrected chi connectivity index (χ1v) is 22.5. The molecule has 3 aliphatic rings. The number of piperazine rings is 1. The smallest absolute Gasteiger partial charge is 0.234 e. The van der Waals surface area contributed by atoms with Gasteiger partial charge in [0.15, 0.2) is 15.7 Å². The number of imide groups is 1. The summed E-state index contributed by atoms with van der Waals surface area (Å²) in [4.78, 5) is 40.7. The molecule has 1 unspecified atom stereocenters. The lowest BCUT2D eigenvalue weighted by Crippen LogP contribution is -2.53. The van der Waals surface area contributed by atoms with Crippen LogP contribution >= 0.6 is 11.6 Å². The van der Waals surface area contributed by atoms with Crippen molar-refractivity contribution in [2.24, 2.45) is 0 Å². The maximum Gasteiger partial charge on any atom is 0.234 e. The fraction of sp³-hybridized carbons (Fsp3) is 0.455. The fourth-order valence-electron chi connectivity index (χ4n) is 8.19. The van der Waals surface area contributed by atoms with E-state index in [0.717, 1.165) is 75.5 Å². The van der Waals surface area contributed by atoms with Crippen molar-refractivity contribution < 1.29 is 22.7 Å². The van der Waals surface area contributed by atoms with Crippen molar-refractivity contribution in [1.82, 2.24) is 25.1 Å². The van der Waals surface area contributed by atoms with Crippen LogP contribution in [-0.4, -0.2) is 96.7 Å². The zero-order valence-corrected chi connectivity index (χ0v) is 36.1. The molecule has 1 aromatic heterocycles. The summed E-state index contributed by atoms with van der Waals surface area (Å²) in [7, 11) is -3.56. The summed E-state index contributed by atoms with van der Waals surface area (Å²) in [5.41, 5.74) is 5.55. The number of piperidine rings is 2. The number of aromatic nitrogens is 2. The Balaban J connectivity index is 0.957. The molecule has 15 heteroatoms. The van der Waals surface area contributed by atoms with Gasteiger partial charge in [-0.2, -0.15) is 4.98 Å². The molecule has 0 aliphatic carbocycles. The number of para-hydroxylation sites is 1. The van der Waals surface area contributed by atoms with Gasteiger partial charge < -0.3 is 20.3 Å². The Morgan fingerprint density at radius 3 is 2.29 bits per heavy atom. The van der Waals surface area contributed by atoms with Crippen LogP contribution in [0.4, 0.5) is 28.8 Å². The number of hydrogen-bond acceptors (Lipinski definition) is 12. The standard InChI is InChI=1S/C44H55ClN8O5S/c1-28(2)58-39-25-38(30(5)24-37(39)48-44-46-26-35(45)42(50-44)47-36-8-6-7-9-40(36)59(56,57)29(3)4)53-18-16-33(17-19-53)52-22-20-51(21-23-52)27-31-10-12-32(13-11-31)34-14-15-41(54)49-43(34)55/h6-13,24-26,28-29,33-34H,14-23,27H2,1-5H3,(H,49,54,55)(H2,46,47,48,50). The Hall–Kier alpha value is -4.76. The molecule has 0 spiro atoms. The lowest BCUT2D eigenvalue weighted by molar-refractivity contribution is -0.134. The molecule has 0 bridgehead atoms. The largest absolute Gasteiger partial charge is 0.489 e. The summed E-state index contributed by atoms with van der Waals surface area (Å²) in [5.74, 6) is 0.612. The topological polar surface area (TPSA) is 149 Å². The Morgan fingerprint density at radius 1 is 0.898 bits per heavy atom. The van der Waals surface area contributed by atoms with E-state index in [1.54, 1.807) is 38.1 Å². The van der Waals surface area contributed by atoms with Crippen molar-refractivity contribution in [2.45, 2.75) is 95.1 Å². The predicted octanol–water partition coefficient (Wildman–Crippen LogP) is 7.20. The molecule has 59 heavy (non-hydrogen) atoms. The highest BCUT2D eigenvalue weighted by atomic mass is 35.5. The zero-order valence-electron chi connectivity index (χ0n) is 34.5. The molecular weight excluding hydrogens is 788 g/mol. The lowest BCUT2D eigenvalue weighted by atomic mass is 9.90. The van der Waals surface area contributed by atoms with Crippen molar-refractivity contribution in [3.05, 3.63) is 88.6 Å². The Labute approximate surface area is 352 Å². The van der Waals surface area contributed by atoms with Crippen LogP contribution in [0, 0.1) is 6.92 Å². The zero-order chi connectivity index (χ0) is 41.8. The van der Waals surface area contributed by atoms with Crippen molar-refractivity contribution in [1.29, 1.82) is 0 Å². The first-order chi connectivity index (χ1) is 28.2. The second-order valence-electron chi connectivity index (χ2n) is 16.3. The second kappa shape index (κ2) is 18.2. The minimum Gasteiger partial charge on any atom is -0.489 e. The quantitative estimate of drug-likeness (QED) is 0.117. The molecule has 13 nitrogen and oxygen atoms in total. The molecule has 3 saturated heterocycles. The fourth-order valence-corrected chi connectivity index (χ4v) is 9.53. The van der Waals surface area contributed by atoms with Gasteiger partial charge in [-0.05, 0) is 88.8 Å². The number of carbonyl (C=O) groups excluding carboxylic acids is 2. The predicted molar refractivity (Wildman–Crippen MR) is 233 cm³/mol. The number of anilines is 5. The summed E-state index contributed by atoms with van der Waals surface area (Å²) < 4.78 is 32.5. The van der Waals surface area contributed by atoms with E-state index in [0.29, 0.717) is 36.0 Å². The van der Waals surface area contributed by atoms with E-state index >= 15 is 0 Å². The molecule has 3 N–H and O–H groups in total. The molecule has 3 aliphatic heterocycles. The average molecular weight is 843 g/mol. The molecule has 0 radical (unpaired) electrons. The summed E-state index contributed by atoms with van der Waals surface area (Å²) in [6.45, 7) is 16.3. The number of benzene rings is 3. The molecule has 4 aromatic rings. The summed E-state index contributed by atoms with van der Waals surface area (Å²) in [6, 6.07) is 19.8. The Bertz CT molecular complexity index is 2260. The lowest BCUT2D eigenvalue weighted by Gasteiger charge is -2.43. The SMILES string of the molecule is Cc1cc(Nc2ncc(Cl)c(Nc3ccccc3S(=O)(=O)C(C)C)n2)c(OC(C)C)cc1N1CCC(N2CCN(Cc3ccc(C4CCC(=O)NC4=O)cc3)CC2)CC1. The van der Waals surface area contributed by atoms with Gasteiger partial charge in [-0.3, -0.25) is 24.7 Å². The van der Waals surface area contributed by atoms with Crippen LogP contribution in [-0.2, 0) is 26.0 Å². The number of halogens is 1. The van der Waals surface area contributed by atoms with Gasteiger partial charge in [0.2, 0.25) is 17.8 Å². The molecule has 3 aromatic carbocycles. The maximum atomic E-state index is 13.1. The van der Waals surface area contributed by atoms with E-state index in [2.05, 4.69) is 71.8 Å². The van der Waals surface area contributed by atoms with Crippen molar-refractivity contribution in [3.63, 3.8) is 0 Å². The van der Waals surface area contributed by atoms with Gasteiger partial charge in [-0.25, -0.2) is 13.4 Å². The van der Waals surface area contributed by atoms with Crippen molar-refractivity contribution >= 4 is 62.1 Å². The van der Waals surface area contributed by atoms with Gasteiger partial charge in [0.05, 0.1) is 39.7 Å². The van der Waals surface area contributed by atoms with E-state index < -0.39 is 15.1 Å². The number of amides is 2. The third kappa shape index (κ3) is 10.00. The minimum absolute atomic E-state index is 0.0736. The van der Waals surface area contributed by atoms with E-state index in [1.165, 1.54) is 11.8 Å². The Kier molecular flexibility index (Phi) is 13.1. The van der Waals surface area contributed by atoms with Crippen LogP contribution < -0.4 is 25.6 Å². The molecule has 1 atom stereocenters. The average Bonchev–Trinajstić information content (AvgIpc) is 3.21. The van der Waals surface area contributed by atoms with Crippen LogP contribution in [0.3, 0.4) is 0 Å². The minimum atomic E-state index is -3.56. The summed E-state index contributed by atoms with van der Waals surface area (Å²) in [6.07, 6.45) is 4.53. The first kappa shape index (κ1) is 42.4. The van der Waals surface area contributed by atoms with E-state index in [4.69, 9.17) is 16.3 Å². The third-order valence-electron chi connectivity index (χ3n) is 11.5. The molecule has 2 amide bonds. The maximum absolute atomic E-state index is 13.1. The highest BCUT2D eigenvalue weighted by molar-refractivity contribution is 7.92. The number of rotatable bonds is 13. The molecule has 0 saturated carbocycles. The molecular formula is C44H55ClN8O5S. The van der Waals surface area contributed by atoms with Crippen LogP contribution in [0.25, 0.3) is 0 Å².